The normalized spacial score (nSPS) is 10.1. The van der Waals surface area contributed by atoms with Gasteiger partial charge in [-0.05, 0) is 60.9 Å². The second kappa shape index (κ2) is 5.62. The fraction of sp³-hybridized carbons (Fsp3) is 0.188. The number of anilines is 1. The Labute approximate surface area is 117 Å². The quantitative estimate of drug-likeness (QED) is 0.869. The van der Waals surface area contributed by atoms with Crippen LogP contribution in [0, 0.1) is 31.0 Å². The Morgan fingerprint density at radius 1 is 1.15 bits per heavy atom. The lowest BCUT2D eigenvalue weighted by Crippen LogP contribution is -2.00. The lowest BCUT2D eigenvalue weighted by molar-refractivity contribution is 0.303. The van der Waals surface area contributed by atoms with E-state index in [0.29, 0.717) is 17.0 Å². The summed E-state index contributed by atoms with van der Waals surface area (Å²) in [6.45, 7) is 4.01. The topological polar surface area (TPSA) is 59.0 Å². The van der Waals surface area contributed by atoms with Crippen molar-refractivity contribution >= 4 is 5.69 Å². The predicted molar refractivity (Wildman–Crippen MR) is 75.8 cm³/mol. The number of rotatable bonds is 3. The second-order valence-corrected chi connectivity index (χ2v) is 4.72. The van der Waals surface area contributed by atoms with Crippen LogP contribution in [0.2, 0.25) is 0 Å². The van der Waals surface area contributed by atoms with Crippen molar-refractivity contribution in [2.24, 2.45) is 0 Å². The van der Waals surface area contributed by atoms with E-state index in [2.05, 4.69) is 0 Å². The van der Waals surface area contributed by atoms with Gasteiger partial charge in [-0.2, -0.15) is 5.26 Å². The molecule has 0 aromatic heterocycles. The van der Waals surface area contributed by atoms with E-state index in [1.54, 1.807) is 6.07 Å². The minimum atomic E-state index is -0.437. The first-order chi connectivity index (χ1) is 9.49. The van der Waals surface area contributed by atoms with Crippen LogP contribution in [0.5, 0.6) is 5.75 Å². The van der Waals surface area contributed by atoms with Gasteiger partial charge in [-0.15, -0.1) is 0 Å². The molecule has 2 aromatic carbocycles. The average Bonchev–Trinajstić information content (AvgIpc) is 2.40. The van der Waals surface area contributed by atoms with Crippen LogP contribution in [0.25, 0.3) is 0 Å². The average molecular weight is 270 g/mol. The molecule has 0 saturated heterocycles. The number of nitrogen functional groups attached to an aromatic ring is 1. The molecule has 3 nitrogen and oxygen atoms in total. The summed E-state index contributed by atoms with van der Waals surface area (Å²) in [5.74, 6) is 0.271. The van der Waals surface area contributed by atoms with Gasteiger partial charge in [0, 0.05) is 5.69 Å². The van der Waals surface area contributed by atoms with Crippen LogP contribution in [0.1, 0.15) is 22.3 Å². The third-order valence-corrected chi connectivity index (χ3v) is 3.04. The molecule has 0 bridgehead atoms. The van der Waals surface area contributed by atoms with Crippen molar-refractivity contribution in [3.8, 4) is 11.8 Å². The van der Waals surface area contributed by atoms with Crippen LogP contribution in [0.15, 0.2) is 30.3 Å². The van der Waals surface area contributed by atoms with Gasteiger partial charge in [0.15, 0.2) is 0 Å². The predicted octanol–water partition coefficient (Wildman–Crippen LogP) is 3.48. The summed E-state index contributed by atoms with van der Waals surface area (Å²) < 4.78 is 19.0. The Balaban J connectivity index is 2.19. The maximum Gasteiger partial charge on any atom is 0.124 e. The van der Waals surface area contributed by atoms with Crippen molar-refractivity contribution in [2.45, 2.75) is 20.5 Å². The summed E-state index contributed by atoms with van der Waals surface area (Å²) in [6.07, 6.45) is 0. The number of ether oxygens (including phenoxy) is 1. The maximum absolute atomic E-state index is 13.3. The first-order valence-corrected chi connectivity index (χ1v) is 6.18. The highest BCUT2D eigenvalue weighted by atomic mass is 19.1. The first-order valence-electron chi connectivity index (χ1n) is 6.18. The van der Waals surface area contributed by atoms with Crippen LogP contribution < -0.4 is 10.5 Å². The standard InChI is InChI=1S/C16H15FN2O/c1-10-4-16(11(2)3-15(10)19)20-9-13-5-12(8-18)6-14(17)7-13/h3-7H,9,19H2,1-2H3. The molecule has 0 unspecified atom stereocenters. The number of nitrogens with two attached hydrogens (primary N) is 1. The summed E-state index contributed by atoms with van der Waals surface area (Å²) in [5.41, 5.74) is 9.29. The van der Waals surface area contributed by atoms with Crippen molar-refractivity contribution in [1.29, 1.82) is 5.26 Å². The number of hydrogen-bond donors (Lipinski definition) is 1. The molecule has 0 spiro atoms. The summed E-state index contributed by atoms with van der Waals surface area (Å²) in [7, 11) is 0. The summed E-state index contributed by atoms with van der Waals surface area (Å²) in [6, 6.07) is 9.79. The minimum absolute atomic E-state index is 0.205. The molecule has 0 aliphatic heterocycles. The molecule has 0 atom stereocenters. The van der Waals surface area contributed by atoms with Gasteiger partial charge >= 0.3 is 0 Å². The monoisotopic (exact) mass is 270 g/mol. The van der Waals surface area contributed by atoms with Crippen molar-refractivity contribution in [2.75, 3.05) is 5.73 Å². The number of benzene rings is 2. The van der Waals surface area contributed by atoms with Crippen LogP contribution in [-0.2, 0) is 6.61 Å². The third kappa shape index (κ3) is 3.07. The zero-order valence-electron chi connectivity index (χ0n) is 11.4. The molecule has 0 fully saturated rings. The highest BCUT2D eigenvalue weighted by Gasteiger charge is 2.05. The van der Waals surface area contributed by atoms with Crippen molar-refractivity contribution in [3.05, 3.63) is 58.4 Å². The van der Waals surface area contributed by atoms with Crippen LogP contribution in [0.4, 0.5) is 10.1 Å². The Morgan fingerprint density at radius 2 is 1.90 bits per heavy atom. The number of aryl methyl sites for hydroxylation is 2. The molecule has 102 valence electrons. The molecule has 4 heteroatoms. The van der Waals surface area contributed by atoms with E-state index in [9.17, 15) is 4.39 Å². The fourth-order valence-corrected chi connectivity index (χ4v) is 1.93. The van der Waals surface area contributed by atoms with Crippen LogP contribution in [-0.4, -0.2) is 0 Å². The number of nitrogens with zero attached hydrogens (tertiary/aromatic N) is 1. The number of halogens is 1. The minimum Gasteiger partial charge on any atom is -0.489 e. The molecule has 0 aliphatic carbocycles. The number of hydrogen-bond acceptors (Lipinski definition) is 3. The molecule has 0 heterocycles. The molecular weight excluding hydrogens is 255 g/mol. The van der Waals surface area contributed by atoms with E-state index in [0.717, 1.165) is 11.1 Å². The van der Waals surface area contributed by atoms with E-state index in [4.69, 9.17) is 15.7 Å². The molecule has 0 radical (unpaired) electrons. The van der Waals surface area contributed by atoms with Crippen LogP contribution in [0.3, 0.4) is 0 Å². The van der Waals surface area contributed by atoms with Gasteiger partial charge in [-0.1, -0.05) is 0 Å². The summed E-state index contributed by atoms with van der Waals surface area (Å²) in [5, 5.41) is 8.81. The molecule has 2 rings (SSSR count). The Hall–Kier alpha value is -2.54. The first kappa shape index (κ1) is 13.9. The highest BCUT2D eigenvalue weighted by molar-refractivity contribution is 5.53. The van der Waals surface area contributed by atoms with E-state index >= 15 is 0 Å². The Kier molecular flexibility index (Phi) is 3.90. The van der Waals surface area contributed by atoms with Gasteiger partial charge in [0.1, 0.15) is 18.2 Å². The maximum atomic E-state index is 13.3. The highest BCUT2D eigenvalue weighted by Crippen LogP contribution is 2.25. The van der Waals surface area contributed by atoms with E-state index in [1.807, 2.05) is 32.0 Å². The smallest absolute Gasteiger partial charge is 0.124 e. The molecular formula is C16H15FN2O. The zero-order chi connectivity index (χ0) is 14.7. The zero-order valence-corrected chi connectivity index (χ0v) is 11.4. The van der Waals surface area contributed by atoms with Crippen molar-refractivity contribution in [3.63, 3.8) is 0 Å². The fourth-order valence-electron chi connectivity index (χ4n) is 1.93. The lowest BCUT2D eigenvalue weighted by Gasteiger charge is -2.12. The Morgan fingerprint density at radius 3 is 2.60 bits per heavy atom. The second-order valence-electron chi connectivity index (χ2n) is 4.72. The van der Waals surface area contributed by atoms with Crippen molar-refractivity contribution in [1.82, 2.24) is 0 Å². The molecule has 0 aliphatic rings. The summed E-state index contributed by atoms with van der Waals surface area (Å²) >= 11 is 0. The third-order valence-electron chi connectivity index (χ3n) is 3.04. The molecule has 20 heavy (non-hydrogen) atoms. The largest absolute Gasteiger partial charge is 0.489 e. The van der Waals surface area contributed by atoms with Gasteiger partial charge in [0.05, 0.1) is 11.6 Å². The van der Waals surface area contributed by atoms with E-state index in [1.165, 1.54) is 12.1 Å². The van der Waals surface area contributed by atoms with Gasteiger partial charge < -0.3 is 10.5 Å². The van der Waals surface area contributed by atoms with Gasteiger partial charge in [0.25, 0.3) is 0 Å². The van der Waals surface area contributed by atoms with Crippen LogP contribution >= 0.6 is 0 Å². The lowest BCUT2D eigenvalue weighted by atomic mass is 10.1. The van der Waals surface area contributed by atoms with Gasteiger partial charge in [-0.3, -0.25) is 0 Å². The molecule has 2 N–H and O–H groups in total. The SMILES string of the molecule is Cc1cc(OCc2cc(F)cc(C#N)c2)c(C)cc1N. The van der Waals surface area contributed by atoms with E-state index in [-0.39, 0.29) is 12.2 Å². The summed E-state index contributed by atoms with van der Waals surface area (Å²) in [4.78, 5) is 0. The van der Waals surface area contributed by atoms with E-state index < -0.39 is 5.82 Å². The van der Waals surface area contributed by atoms with Gasteiger partial charge in [0.2, 0.25) is 0 Å². The van der Waals surface area contributed by atoms with Crippen molar-refractivity contribution < 1.29 is 9.13 Å². The Bertz CT molecular complexity index is 690. The molecule has 0 amide bonds. The molecule has 2 aromatic rings. The van der Waals surface area contributed by atoms with Gasteiger partial charge in [-0.25, -0.2) is 4.39 Å². The molecule has 0 saturated carbocycles. The number of nitriles is 1.